The molecule has 2 aromatic rings. The summed E-state index contributed by atoms with van der Waals surface area (Å²) in [6.07, 6.45) is 1.69. The molecule has 0 radical (unpaired) electrons. The standard InChI is InChI=1S/C15H15NO3S/c1-3-9-19-12-7-5-11(6-8-12)14-16-13(10-20-14)15(17)18-4-2/h3,5-8,10H,1,4,9H2,2H3. The predicted molar refractivity (Wildman–Crippen MR) is 79.2 cm³/mol. The normalized spacial score (nSPS) is 10.1. The van der Waals surface area contributed by atoms with Crippen LogP contribution in [0.15, 0.2) is 42.3 Å². The highest BCUT2D eigenvalue weighted by Crippen LogP contribution is 2.26. The molecule has 0 spiro atoms. The number of benzene rings is 1. The summed E-state index contributed by atoms with van der Waals surface area (Å²) >= 11 is 1.41. The molecule has 4 nitrogen and oxygen atoms in total. The molecule has 104 valence electrons. The second-order valence-electron chi connectivity index (χ2n) is 3.88. The van der Waals surface area contributed by atoms with E-state index >= 15 is 0 Å². The quantitative estimate of drug-likeness (QED) is 0.602. The number of thiazole rings is 1. The first kappa shape index (κ1) is 14.3. The van der Waals surface area contributed by atoms with E-state index in [1.807, 2.05) is 24.3 Å². The number of hydrogen-bond donors (Lipinski definition) is 0. The van der Waals surface area contributed by atoms with E-state index in [2.05, 4.69) is 11.6 Å². The van der Waals surface area contributed by atoms with Crippen molar-refractivity contribution in [2.24, 2.45) is 0 Å². The average Bonchev–Trinajstić information content (AvgIpc) is 2.96. The molecule has 0 aliphatic heterocycles. The Kier molecular flexibility index (Phi) is 4.90. The zero-order valence-electron chi connectivity index (χ0n) is 11.2. The Bertz CT molecular complexity index is 589. The Hall–Kier alpha value is -2.14. The van der Waals surface area contributed by atoms with Crippen molar-refractivity contribution in [2.45, 2.75) is 6.92 Å². The van der Waals surface area contributed by atoms with Gasteiger partial charge in [0, 0.05) is 10.9 Å². The summed E-state index contributed by atoms with van der Waals surface area (Å²) in [5.41, 5.74) is 1.29. The van der Waals surface area contributed by atoms with Gasteiger partial charge < -0.3 is 9.47 Å². The van der Waals surface area contributed by atoms with Crippen molar-refractivity contribution in [1.29, 1.82) is 0 Å². The highest BCUT2D eigenvalue weighted by atomic mass is 32.1. The van der Waals surface area contributed by atoms with E-state index in [1.165, 1.54) is 11.3 Å². The topological polar surface area (TPSA) is 48.4 Å². The summed E-state index contributed by atoms with van der Waals surface area (Å²) in [6, 6.07) is 7.55. The van der Waals surface area contributed by atoms with E-state index in [4.69, 9.17) is 9.47 Å². The molecule has 0 bridgehead atoms. The van der Waals surface area contributed by atoms with Crippen molar-refractivity contribution < 1.29 is 14.3 Å². The third-order valence-electron chi connectivity index (χ3n) is 2.46. The van der Waals surface area contributed by atoms with Gasteiger partial charge in [-0.15, -0.1) is 11.3 Å². The van der Waals surface area contributed by atoms with Crippen molar-refractivity contribution >= 4 is 17.3 Å². The van der Waals surface area contributed by atoms with Crippen LogP contribution >= 0.6 is 11.3 Å². The van der Waals surface area contributed by atoms with Crippen LogP contribution in [0.2, 0.25) is 0 Å². The van der Waals surface area contributed by atoms with Gasteiger partial charge in [-0.1, -0.05) is 12.7 Å². The van der Waals surface area contributed by atoms with Crippen LogP contribution in [0.3, 0.4) is 0 Å². The first-order valence-corrected chi connectivity index (χ1v) is 7.09. The maximum absolute atomic E-state index is 11.6. The minimum atomic E-state index is -0.388. The lowest BCUT2D eigenvalue weighted by molar-refractivity contribution is 0.0520. The highest BCUT2D eigenvalue weighted by molar-refractivity contribution is 7.13. The number of nitrogens with zero attached hydrogens (tertiary/aromatic N) is 1. The van der Waals surface area contributed by atoms with Crippen LogP contribution in [0.4, 0.5) is 0 Å². The summed E-state index contributed by atoms with van der Waals surface area (Å²) in [5, 5.41) is 2.48. The minimum absolute atomic E-state index is 0.346. The predicted octanol–water partition coefficient (Wildman–Crippen LogP) is 3.55. The summed E-state index contributed by atoms with van der Waals surface area (Å²) in [5.74, 6) is 0.386. The molecule has 0 saturated heterocycles. The second-order valence-corrected chi connectivity index (χ2v) is 4.74. The molecule has 0 aliphatic carbocycles. The van der Waals surface area contributed by atoms with Crippen LogP contribution in [0.25, 0.3) is 10.6 Å². The van der Waals surface area contributed by atoms with Gasteiger partial charge in [-0.2, -0.15) is 0 Å². The molecule has 0 fully saturated rings. The zero-order chi connectivity index (χ0) is 14.4. The third kappa shape index (κ3) is 3.45. The van der Waals surface area contributed by atoms with Gasteiger partial charge >= 0.3 is 5.97 Å². The van der Waals surface area contributed by atoms with Crippen LogP contribution < -0.4 is 4.74 Å². The van der Waals surface area contributed by atoms with E-state index in [9.17, 15) is 4.79 Å². The van der Waals surface area contributed by atoms with Gasteiger partial charge in [-0.05, 0) is 31.2 Å². The first-order valence-electron chi connectivity index (χ1n) is 6.21. The zero-order valence-corrected chi connectivity index (χ0v) is 12.0. The third-order valence-corrected chi connectivity index (χ3v) is 3.35. The van der Waals surface area contributed by atoms with E-state index in [1.54, 1.807) is 18.4 Å². The molecule has 0 saturated carbocycles. The lowest BCUT2D eigenvalue weighted by Gasteiger charge is -2.03. The smallest absolute Gasteiger partial charge is 0.357 e. The summed E-state index contributed by atoms with van der Waals surface area (Å²) < 4.78 is 10.3. The second kappa shape index (κ2) is 6.86. The van der Waals surface area contributed by atoms with E-state index in [-0.39, 0.29) is 5.97 Å². The summed E-state index contributed by atoms with van der Waals surface area (Å²) in [4.78, 5) is 15.8. The Balaban J connectivity index is 2.11. The summed E-state index contributed by atoms with van der Waals surface area (Å²) in [7, 11) is 0. The Labute approximate surface area is 121 Å². The molecule has 0 unspecified atom stereocenters. The van der Waals surface area contributed by atoms with Gasteiger partial charge in [-0.25, -0.2) is 9.78 Å². The number of ether oxygens (including phenoxy) is 2. The van der Waals surface area contributed by atoms with Crippen molar-refractivity contribution in [3.05, 3.63) is 48.0 Å². The lowest BCUT2D eigenvalue weighted by Crippen LogP contribution is -2.04. The Morgan fingerprint density at radius 2 is 2.15 bits per heavy atom. The first-order chi connectivity index (χ1) is 9.74. The fourth-order valence-electron chi connectivity index (χ4n) is 1.55. The molecular weight excluding hydrogens is 274 g/mol. The average molecular weight is 289 g/mol. The molecule has 2 rings (SSSR count). The molecular formula is C15H15NO3S. The fraction of sp³-hybridized carbons (Fsp3) is 0.200. The summed E-state index contributed by atoms with van der Waals surface area (Å²) in [6.45, 7) is 6.19. The van der Waals surface area contributed by atoms with Gasteiger partial charge in [0.15, 0.2) is 5.69 Å². The number of hydrogen-bond acceptors (Lipinski definition) is 5. The molecule has 1 aromatic carbocycles. The molecule has 1 aromatic heterocycles. The maximum atomic E-state index is 11.6. The van der Waals surface area contributed by atoms with Gasteiger partial charge in [0.1, 0.15) is 17.4 Å². The maximum Gasteiger partial charge on any atom is 0.357 e. The number of aromatic nitrogens is 1. The van der Waals surface area contributed by atoms with Crippen molar-refractivity contribution in [3.63, 3.8) is 0 Å². The molecule has 0 amide bonds. The van der Waals surface area contributed by atoms with Crippen molar-refractivity contribution in [1.82, 2.24) is 4.98 Å². The molecule has 0 aliphatic rings. The number of esters is 1. The van der Waals surface area contributed by atoms with E-state index in [0.29, 0.717) is 18.9 Å². The molecule has 5 heteroatoms. The molecule has 0 atom stereocenters. The minimum Gasteiger partial charge on any atom is -0.490 e. The molecule has 0 N–H and O–H groups in total. The fourth-order valence-corrected chi connectivity index (χ4v) is 2.35. The van der Waals surface area contributed by atoms with Crippen LogP contribution in [-0.2, 0) is 4.74 Å². The number of rotatable bonds is 6. The Morgan fingerprint density at radius 3 is 2.80 bits per heavy atom. The number of carbonyl (C=O) groups is 1. The monoisotopic (exact) mass is 289 g/mol. The van der Waals surface area contributed by atoms with E-state index in [0.717, 1.165) is 16.3 Å². The van der Waals surface area contributed by atoms with Crippen LogP contribution in [0.5, 0.6) is 5.75 Å². The van der Waals surface area contributed by atoms with Gasteiger partial charge in [0.2, 0.25) is 0 Å². The lowest BCUT2D eigenvalue weighted by atomic mass is 10.2. The SMILES string of the molecule is C=CCOc1ccc(-c2nc(C(=O)OCC)cs2)cc1. The van der Waals surface area contributed by atoms with Crippen LogP contribution in [0, 0.1) is 0 Å². The van der Waals surface area contributed by atoms with E-state index < -0.39 is 0 Å². The number of carbonyl (C=O) groups excluding carboxylic acids is 1. The largest absolute Gasteiger partial charge is 0.490 e. The van der Waals surface area contributed by atoms with Crippen molar-refractivity contribution in [3.8, 4) is 16.3 Å². The molecule has 20 heavy (non-hydrogen) atoms. The van der Waals surface area contributed by atoms with Crippen LogP contribution in [-0.4, -0.2) is 24.2 Å². The molecule has 1 heterocycles. The Morgan fingerprint density at radius 1 is 1.40 bits per heavy atom. The van der Waals surface area contributed by atoms with Gasteiger partial charge in [0.05, 0.1) is 6.61 Å². The van der Waals surface area contributed by atoms with Crippen molar-refractivity contribution in [2.75, 3.05) is 13.2 Å². The van der Waals surface area contributed by atoms with Gasteiger partial charge in [0.25, 0.3) is 0 Å². The van der Waals surface area contributed by atoms with Gasteiger partial charge in [-0.3, -0.25) is 0 Å². The van der Waals surface area contributed by atoms with Crippen LogP contribution in [0.1, 0.15) is 17.4 Å². The highest BCUT2D eigenvalue weighted by Gasteiger charge is 2.12.